The lowest BCUT2D eigenvalue weighted by Crippen LogP contribution is -2.10. The van der Waals surface area contributed by atoms with Crippen molar-refractivity contribution in [2.24, 2.45) is 5.41 Å². The van der Waals surface area contributed by atoms with Crippen molar-refractivity contribution < 1.29 is 19.4 Å². The molecule has 0 aliphatic heterocycles. The van der Waals surface area contributed by atoms with Gasteiger partial charge in [0.05, 0.1) is 35.2 Å². The first kappa shape index (κ1) is 17.3. The molecule has 0 radical (unpaired) electrons. The van der Waals surface area contributed by atoms with E-state index in [0.717, 1.165) is 12.8 Å². The Balaban J connectivity index is 2.76. The molecule has 1 rings (SSSR count). The van der Waals surface area contributed by atoms with E-state index in [4.69, 9.17) is 19.8 Å². The van der Waals surface area contributed by atoms with Crippen LogP contribution in [0.15, 0.2) is 16.6 Å². The molecule has 0 spiro atoms. The number of rotatable bonds is 7. The SMILES string of the molecule is COc1cc(C(=O)O)cc(Br)c1OCCCC(C)(C)C#N. The predicted octanol–water partition coefficient (Wildman–Crippen LogP) is 3.86. The summed E-state index contributed by atoms with van der Waals surface area (Å²) in [5.41, 5.74) is -0.255. The third-order valence-corrected chi connectivity index (χ3v) is 3.56. The van der Waals surface area contributed by atoms with Crippen LogP contribution >= 0.6 is 15.9 Å². The van der Waals surface area contributed by atoms with Gasteiger partial charge in [-0.3, -0.25) is 0 Å². The minimum absolute atomic E-state index is 0.122. The van der Waals surface area contributed by atoms with Crippen LogP contribution in [0, 0.1) is 16.7 Å². The molecule has 114 valence electrons. The lowest BCUT2D eigenvalue weighted by Gasteiger charge is -2.16. The van der Waals surface area contributed by atoms with Crippen molar-refractivity contribution in [1.29, 1.82) is 5.26 Å². The van der Waals surface area contributed by atoms with E-state index in [1.165, 1.54) is 19.2 Å². The maximum atomic E-state index is 11.0. The van der Waals surface area contributed by atoms with Gasteiger partial charge in [-0.2, -0.15) is 5.26 Å². The van der Waals surface area contributed by atoms with Crippen LogP contribution in [0.2, 0.25) is 0 Å². The van der Waals surface area contributed by atoms with Crippen LogP contribution in [0.5, 0.6) is 11.5 Å². The normalized spacial score (nSPS) is 10.8. The molecule has 0 saturated heterocycles. The number of benzene rings is 1. The fourth-order valence-corrected chi connectivity index (χ4v) is 2.28. The highest BCUT2D eigenvalue weighted by Gasteiger charge is 2.17. The van der Waals surface area contributed by atoms with Crippen molar-refractivity contribution in [3.63, 3.8) is 0 Å². The number of carboxylic acid groups (broad SMARTS) is 1. The lowest BCUT2D eigenvalue weighted by molar-refractivity contribution is 0.0696. The van der Waals surface area contributed by atoms with Gasteiger partial charge < -0.3 is 14.6 Å². The molecule has 5 nitrogen and oxygen atoms in total. The van der Waals surface area contributed by atoms with E-state index in [-0.39, 0.29) is 11.0 Å². The third kappa shape index (κ3) is 4.94. The molecule has 0 amide bonds. The summed E-state index contributed by atoms with van der Waals surface area (Å²) in [5.74, 6) is -0.199. The quantitative estimate of drug-likeness (QED) is 0.751. The number of hydrogen-bond acceptors (Lipinski definition) is 4. The van der Waals surface area contributed by atoms with Crippen molar-refractivity contribution in [3.8, 4) is 17.6 Å². The Morgan fingerprint density at radius 2 is 2.14 bits per heavy atom. The standard InChI is InChI=1S/C15H18BrNO4/c1-15(2,9-17)5-4-6-21-13-11(16)7-10(14(18)19)8-12(13)20-3/h7-8H,4-6H2,1-3H3,(H,18,19). The van der Waals surface area contributed by atoms with Crippen LogP contribution < -0.4 is 9.47 Å². The Hall–Kier alpha value is -1.74. The van der Waals surface area contributed by atoms with Gasteiger partial charge in [-0.15, -0.1) is 0 Å². The van der Waals surface area contributed by atoms with Crippen LogP contribution in [0.25, 0.3) is 0 Å². The fourth-order valence-electron chi connectivity index (χ4n) is 1.73. The Morgan fingerprint density at radius 1 is 1.48 bits per heavy atom. The molecule has 0 unspecified atom stereocenters. The number of nitriles is 1. The number of halogens is 1. The zero-order valence-electron chi connectivity index (χ0n) is 12.3. The first-order valence-corrected chi connectivity index (χ1v) is 7.25. The highest BCUT2D eigenvalue weighted by Crippen LogP contribution is 2.37. The summed E-state index contributed by atoms with van der Waals surface area (Å²) >= 11 is 3.29. The number of aromatic carboxylic acids is 1. The molecular formula is C15H18BrNO4. The maximum absolute atomic E-state index is 11.0. The van der Waals surface area contributed by atoms with Gasteiger partial charge in [0.15, 0.2) is 11.5 Å². The second-order valence-corrected chi connectivity index (χ2v) is 6.10. The zero-order chi connectivity index (χ0) is 16.0. The van der Waals surface area contributed by atoms with Crippen LogP contribution in [0.1, 0.15) is 37.0 Å². The van der Waals surface area contributed by atoms with E-state index in [2.05, 4.69) is 22.0 Å². The van der Waals surface area contributed by atoms with Crippen molar-refractivity contribution >= 4 is 21.9 Å². The first-order valence-electron chi connectivity index (χ1n) is 6.45. The Bertz CT molecular complexity index is 564. The van der Waals surface area contributed by atoms with Crippen molar-refractivity contribution in [2.45, 2.75) is 26.7 Å². The summed E-state index contributed by atoms with van der Waals surface area (Å²) in [7, 11) is 1.46. The van der Waals surface area contributed by atoms with Crippen LogP contribution in [-0.4, -0.2) is 24.8 Å². The number of nitrogens with zero attached hydrogens (tertiary/aromatic N) is 1. The summed E-state index contributed by atoms with van der Waals surface area (Å²) in [6, 6.07) is 5.13. The lowest BCUT2D eigenvalue weighted by atomic mass is 9.90. The second-order valence-electron chi connectivity index (χ2n) is 5.24. The average molecular weight is 356 g/mol. The minimum Gasteiger partial charge on any atom is -0.493 e. The number of carbonyl (C=O) groups is 1. The van der Waals surface area contributed by atoms with Crippen LogP contribution in [-0.2, 0) is 0 Å². The molecule has 0 saturated carbocycles. The number of methoxy groups -OCH3 is 1. The Kier molecular flexibility index (Phi) is 6.03. The largest absolute Gasteiger partial charge is 0.493 e. The van der Waals surface area contributed by atoms with Gasteiger partial charge in [0.25, 0.3) is 0 Å². The predicted molar refractivity (Wildman–Crippen MR) is 81.8 cm³/mol. The van der Waals surface area contributed by atoms with E-state index in [1.807, 2.05) is 13.8 Å². The van der Waals surface area contributed by atoms with Gasteiger partial charge in [0.1, 0.15) is 0 Å². The molecule has 0 aromatic heterocycles. The van der Waals surface area contributed by atoms with E-state index in [1.54, 1.807) is 0 Å². The van der Waals surface area contributed by atoms with E-state index >= 15 is 0 Å². The molecule has 1 aromatic carbocycles. The first-order chi connectivity index (χ1) is 9.80. The average Bonchev–Trinajstić information content (AvgIpc) is 2.44. The fraction of sp³-hybridized carbons (Fsp3) is 0.467. The van der Waals surface area contributed by atoms with E-state index in [0.29, 0.717) is 22.6 Å². The topological polar surface area (TPSA) is 79.6 Å². The van der Waals surface area contributed by atoms with Gasteiger partial charge in [0, 0.05) is 0 Å². The van der Waals surface area contributed by atoms with Crippen molar-refractivity contribution in [3.05, 3.63) is 22.2 Å². The molecule has 21 heavy (non-hydrogen) atoms. The Morgan fingerprint density at radius 3 is 2.67 bits per heavy atom. The highest BCUT2D eigenvalue weighted by atomic mass is 79.9. The monoisotopic (exact) mass is 355 g/mol. The summed E-state index contributed by atoms with van der Waals surface area (Å²) < 4.78 is 11.4. The number of hydrogen-bond donors (Lipinski definition) is 1. The molecule has 1 N–H and O–H groups in total. The molecule has 0 atom stereocenters. The Labute approximate surface area is 132 Å². The van der Waals surface area contributed by atoms with Crippen LogP contribution in [0.4, 0.5) is 0 Å². The smallest absolute Gasteiger partial charge is 0.335 e. The maximum Gasteiger partial charge on any atom is 0.335 e. The zero-order valence-corrected chi connectivity index (χ0v) is 13.9. The van der Waals surface area contributed by atoms with Gasteiger partial charge >= 0.3 is 5.97 Å². The summed E-state index contributed by atoms with van der Waals surface area (Å²) in [5, 5.41) is 17.9. The third-order valence-electron chi connectivity index (χ3n) is 2.97. The van der Waals surface area contributed by atoms with Gasteiger partial charge in [-0.05, 0) is 54.8 Å². The molecule has 1 aromatic rings. The van der Waals surface area contributed by atoms with E-state index in [9.17, 15) is 4.79 Å². The van der Waals surface area contributed by atoms with Crippen molar-refractivity contribution in [1.82, 2.24) is 0 Å². The molecule has 0 bridgehead atoms. The summed E-state index contributed by atoms with van der Waals surface area (Å²) in [6.07, 6.45) is 1.44. The summed E-state index contributed by atoms with van der Waals surface area (Å²) in [4.78, 5) is 11.0. The second kappa shape index (κ2) is 7.32. The summed E-state index contributed by atoms with van der Waals surface area (Å²) in [6.45, 7) is 4.18. The minimum atomic E-state index is -1.03. The van der Waals surface area contributed by atoms with Gasteiger partial charge in [-0.1, -0.05) is 0 Å². The molecule has 0 aliphatic rings. The molecule has 0 heterocycles. The van der Waals surface area contributed by atoms with Gasteiger partial charge in [0.2, 0.25) is 0 Å². The molecule has 0 aliphatic carbocycles. The van der Waals surface area contributed by atoms with Gasteiger partial charge in [-0.25, -0.2) is 4.79 Å². The van der Waals surface area contributed by atoms with Crippen molar-refractivity contribution in [2.75, 3.05) is 13.7 Å². The number of carboxylic acids is 1. The molecular weight excluding hydrogens is 338 g/mol. The molecule has 6 heteroatoms. The van der Waals surface area contributed by atoms with Crippen LogP contribution in [0.3, 0.4) is 0 Å². The molecule has 0 fully saturated rings. The number of ether oxygens (including phenoxy) is 2. The highest BCUT2D eigenvalue weighted by molar-refractivity contribution is 9.10. The van der Waals surface area contributed by atoms with E-state index < -0.39 is 5.97 Å².